The van der Waals surface area contributed by atoms with Gasteiger partial charge in [0, 0.05) is 30.7 Å². The molecule has 1 aromatic heterocycles. The molecular formula is C21H23N3O3S. The number of hydrogen-bond acceptors (Lipinski definition) is 4. The maximum absolute atomic E-state index is 12.7. The summed E-state index contributed by atoms with van der Waals surface area (Å²) in [4.78, 5) is 17.2. The van der Waals surface area contributed by atoms with Gasteiger partial charge < -0.3 is 5.32 Å². The van der Waals surface area contributed by atoms with Crippen molar-refractivity contribution in [3.8, 4) is 0 Å². The molecule has 0 aliphatic carbocycles. The van der Waals surface area contributed by atoms with Crippen LogP contribution in [-0.4, -0.2) is 37.2 Å². The third-order valence-corrected chi connectivity index (χ3v) is 6.36. The van der Waals surface area contributed by atoms with Gasteiger partial charge in [0.1, 0.15) is 0 Å². The maximum atomic E-state index is 12.7. The number of nitrogens with zero attached hydrogens (tertiary/aromatic N) is 2. The summed E-state index contributed by atoms with van der Waals surface area (Å²) in [5.74, 6) is -0.383. The van der Waals surface area contributed by atoms with Crippen molar-refractivity contribution in [3.63, 3.8) is 0 Å². The average molecular weight is 398 g/mol. The zero-order valence-electron chi connectivity index (χ0n) is 15.9. The number of para-hydroxylation sites is 1. The van der Waals surface area contributed by atoms with E-state index >= 15 is 0 Å². The van der Waals surface area contributed by atoms with E-state index in [1.54, 1.807) is 31.4 Å². The molecule has 1 heterocycles. The molecule has 6 nitrogen and oxygen atoms in total. The molecule has 0 saturated carbocycles. The van der Waals surface area contributed by atoms with Crippen molar-refractivity contribution < 1.29 is 13.2 Å². The second-order valence-corrected chi connectivity index (χ2v) is 8.59. The minimum atomic E-state index is -3.63. The van der Waals surface area contributed by atoms with Crippen molar-refractivity contribution in [1.29, 1.82) is 0 Å². The second kappa shape index (κ2) is 8.50. The van der Waals surface area contributed by atoms with Crippen molar-refractivity contribution in [3.05, 3.63) is 66.4 Å². The number of hydrogen-bond donors (Lipinski definition) is 1. The van der Waals surface area contributed by atoms with Crippen LogP contribution in [0.5, 0.6) is 0 Å². The lowest BCUT2D eigenvalue weighted by molar-refractivity contribution is 0.102. The number of benzene rings is 2. The van der Waals surface area contributed by atoms with Crippen LogP contribution in [0.15, 0.2) is 65.7 Å². The van der Waals surface area contributed by atoms with E-state index in [9.17, 15) is 13.2 Å². The molecule has 0 bridgehead atoms. The summed E-state index contributed by atoms with van der Waals surface area (Å²) in [6.07, 6.45) is 3.35. The topological polar surface area (TPSA) is 79.4 Å². The number of carbonyl (C=O) groups is 1. The Kier molecular flexibility index (Phi) is 6.06. The van der Waals surface area contributed by atoms with Crippen LogP contribution in [0.3, 0.4) is 0 Å². The van der Waals surface area contributed by atoms with Crippen LogP contribution < -0.4 is 5.32 Å². The van der Waals surface area contributed by atoms with E-state index in [1.807, 2.05) is 31.2 Å². The minimum Gasteiger partial charge on any atom is -0.320 e. The summed E-state index contributed by atoms with van der Waals surface area (Å²) < 4.78 is 26.8. The molecule has 2 aromatic carbocycles. The third-order valence-electron chi connectivity index (χ3n) is 4.51. The molecule has 3 rings (SSSR count). The number of unbranched alkanes of at least 4 members (excludes halogenated alkanes) is 1. The molecule has 0 spiro atoms. The van der Waals surface area contributed by atoms with Gasteiger partial charge in [-0.2, -0.15) is 0 Å². The summed E-state index contributed by atoms with van der Waals surface area (Å²) >= 11 is 0. The Morgan fingerprint density at radius 2 is 1.86 bits per heavy atom. The van der Waals surface area contributed by atoms with Crippen molar-refractivity contribution in [2.24, 2.45) is 0 Å². The fraction of sp³-hybridized carbons (Fsp3) is 0.238. The van der Waals surface area contributed by atoms with Crippen LogP contribution in [0.2, 0.25) is 0 Å². The minimum absolute atomic E-state index is 0.106. The van der Waals surface area contributed by atoms with Gasteiger partial charge in [-0.1, -0.05) is 37.6 Å². The van der Waals surface area contributed by atoms with E-state index in [-0.39, 0.29) is 16.4 Å². The first-order valence-corrected chi connectivity index (χ1v) is 10.6. The number of sulfonamides is 1. The monoisotopic (exact) mass is 397 g/mol. The first kappa shape index (κ1) is 20.0. The Morgan fingerprint density at radius 1 is 1.11 bits per heavy atom. The molecule has 1 N–H and O–H groups in total. The zero-order valence-corrected chi connectivity index (χ0v) is 16.7. The van der Waals surface area contributed by atoms with Gasteiger partial charge in [0.05, 0.1) is 16.1 Å². The number of anilines is 1. The Morgan fingerprint density at radius 3 is 2.64 bits per heavy atom. The van der Waals surface area contributed by atoms with E-state index in [4.69, 9.17) is 0 Å². The van der Waals surface area contributed by atoms with Crippen LogP contribution in [0.4, 0.5) is 5.69 Å². The highest BCUT2D eigenvalue weighted by Gasteiger charge is 2.21. The molecule has 3 aromatic rings. The number of pyridine rings is 1. The van der Waals surface area contributed by atoms with E-state index in [0.29, 0.717) is 17.7 Å². The van der Waals surface area contributed by atoms with Gasteiger partial charge in [-0.3, -0.25) is 9.78 Å². The zero-order chi connectivity index (χ0) is 20.1. The van der Waals surface area contributed by atoms with Crippen molar-refractivity contribution in [2.45, 2.75) is 24.7 Å². The molecule has 0 fully saturated rings. The predicted molar refractivity (Wildman–Crippen MR) is 111 cm³/mol. The smallest absolute Gasteiger partial charge is 0.255 e. The van der Waals surface area contributed by atoms with Gasteiger partial charge in [0.15, 0.2) is 0 Å². The number of aromatic nitrogens is 1. The standard InChI is InChI=1S/C21H23N3O3S/c1-3-4-14-24(2)28(26,27)18-11-5-9-17(15-18)21(25)23-19-12-6-8-16-10-7-13-22-20(16)19/h5-13,15H,3-4,14H2,1-2H3,(H,23,25). The van der Waals surface area contributed by atoms with Gasteiger partial charge in [-0.25, -0.2) is 12.7 Å². The normalized spacial score (nSPS) is 11.7. The van der Waals surface area contributed by atoms with Crippen LogP contribution in [0.1, 0.15) is 30.1 Å². The lowest BCUT2D eigenvalue weighted by Crippen LogP contribution is -2.28. The highest BCUT2D eigenvalue weighted by atomic mass is 32.2. The highest BCUT2D eigenvalue weighted by Crippen LogP contribution is 2.22. The molecule has 7 heteroatoms. The second-order valence-electron chi connectivity index (χ2n) is 6.54. The third kappa shape index (κ3) is 4.21. The summed E-state index contributed by atoms with van der Waals surface area (Å²) in [5, 5.41) is 3.74. The van der Waals surface area contributed by atoms with Gasteiger partial charge >= 0.3 is 0 Å². The summed E-state index contributed by atoms with van der Waals surface area (Å²) in [7, 11) is -2.08. The van der Waals surface area contributed by atoms with Gasteiger partial charge in [-0.05, 0) is 36.8 Å². The summed E-state index contributed by atoms with van der Waals surface area (Å²) in [6.45, 7) is 2.45. The Bertz CT molecular complexity index is 1090. The van der Waals surface area contributed by atoms with Crippen LogP contribution in [-0.2, 0) is 10.0 Å². The molecule has 0 aliphatic heterocycles. The van der Waals surface area contributed by atoms with Crippen LogP contribution >= 0.6 is 0 Å². The molecular weight excluding hydrogens is 374 g/mol. The van der Waals surface area contributed by atoms with Crippen molar-refractivity contribution >= 4 is 32.5 Å². The summed E-state index contributed by atoms with van der Waals surface area (Å²) in [5.41, 5.74) is 1.54. The molecule has 1 amide bonds. The molecule has 0 atom stereocenters. The van der Waals surface area contributed by atoms with E-state index in [2.05, 4.69) is 10.3 Å². The summed E-state index contributed by atoms with van der Waals surface area (Å²) in [6, 6.07) is 15.4. The average Bonchev–Trinajstić information content (AvgIpc) is 2.72. The van der Waals surface area contributed by atoms with Crippen LogP contribution in [0.25, 0.3) is 10.9 Å². The first-order valence-electron chi connectivity index (χ1n) is 9.15. The fourth-order valence-corrected chi connectivity index (χ4v) is 4.13. The fourth-order valence-electron chi connectivity index (χ4n) is 2.88. The number of carbonyl (C=O) groups excluding carboxylic acids is 1. The molecule has 0 unspecified atom stereocenters. The number of rotatable bonds is 7. The molecule has 28 heavy (non-hydrogen) atoms. The number of fused-ring (bicyclic) bond motifs is 1. The maximum Gasteiger partial charge on any atom is 0.255 e. The molecule has 0 radical (unpaired) electrons. The quantitative estimate of drug-likeness (QED) is 0.656. The lowest BCUT2D eigenvalue weighted by atomic mass is 10.1. The first-order chi connectivity index (χ1) is 13.4. The molecule has 0 aliphatic rings. The van der Waals surface area contributed by atoms with E-state index in [0.717, 1.165) is 18.2 Å². The van der Waals surface area contributed by atoms with Gasteiger partial charge in [0.25, 0.3) is 5.91 Å². The highest BCUT2D eigenvalue weighted by molar-refractivity contribution is 7.89. The number of amides is 1. The van der Waals surface area contributed by atoms with E-state index < -0.39 is 10.0 Å². The van der Waals surface area contributed by atoms with Gasteiger partial charge in [0.2, 0.25) is 10.0 Å². The molecule has 0 saturated heterocycles. The van der Waals surface area contributed by atoms with Gasteiger partial charge in [-0.15, -0.1) is 0 Å². The van der Waals surface area contributed by atoms with Crippen molar-refractivity contribution in [2.75, 3.05) is 18.9 Å². The van der Waals surface area contributed by atoms with E-state index in [1.165, 1.54) is 16.4 Å². The number of nitrogens with one attached hydrogen (secondary N) is 1. The Labute approximate surface area is 165 Å². The SMILES string of the molecule is CCCCN(C)S(=O)(=O)c1cccc(C(=O)Nc2cccc3cccnc23)c1. The molecule has 146 valence electrons. The Balaban J connectivity index is 1.86. The van der Waals surface area contributed by atoms with Crippen molar-refractivity contribution in [1.82, 2.24) is 9.29 Å². The Hall–Kier alpha value is -2.77. The lowest BCUT2D eigenvalue weighted by Gasteiger charge is -2.17. The largest absolute Gasteiger partial charge is 0.320 e. The predicted octanol–water partition coefficient (Wildman–Crippen LogP) is 3.91. The van der Waals surface area contributed by atoms with Crippen LogP contribution in [0, 0.1) is 0 Å².